The highest BCUT2D eigenvalue weighted by atomic mass is 16.5. The number of hydrogen-bond donors (Lipinski definition) is 1. The van der Waals surface area contributed by atoms with E-state index in [4.69, 9.17) is 13.7 Å². The lowest BCUT2D eigenvalue weighted by Gasteiger charge is -2.04. The lowest BCUT2D eigenvalue weighted by molar-refractivity contribution is 0.0907. The minimum Gasteiger partial charge on any atom is -0.497 e. The summed E-state index contributed by atoms with van der Waals surface area (Å²) >= 11 is 0. The molecule has 0 fully saturated rings. The number of carbonyl (C=O) groups is 1. The maximum Gasteiger partial charge on any atom is 0.316 e. The number of aromatic nitrogens is 2. The van der Waals surface area contributed by atoms with Gasteiger partial charge in [-0.1, -0.05) is 35.5 Å². The van der Waals surface area contributed by atoms with E-state index in [2.05, 4.69) is 15.5 Å². The summed E-state index contributed by atoms with van der Waals surface area (Å²) in [6.45, 7) is 2.23. The second kappa shape index (κ2) is 6.95. The molecular formula is C20H17N3O4. The Bertz CT molecular complexity index is 1110. The Kier molecular flexibility index (Phi) is 4.33. The van der Waals surface area contributed by atoms with Crippen LogP contribution in [0.1, 0.15) is 21.8 Å². The number of nitrogens with one attached hydrogen (secondary N) is 1. The van der Waals surface area contributed by atoms with E-state index < -0.39 is 5.91 Å². The lowest BCUT2D eigenvalue weighted by Crippen LogP contribution is -2.23. The first-order valence-electron chi connectivity index (χ1n) is 8.39. The number of carbonyl (C=O) groups excluding carboxylic acids is 1. The van der Waals surface area contributed by atoms with Crippen LogP contribution in [0, 0.1) is 6.92 Å². The van der Waals surface area contributed by atoms with E-state index in [0.29, 0.717) is 12.3 Å². The number of methoxy groups -OCH3 is 1. The first-order valence-corrected chi connectivity index (χ1v) is 8.39. The largest absolute Gasteiger partial charge is 0.497 e. The molecule has 0 spiro atoms. The number of amides is 1. The molecule has 0 aliphatic rings. The van der Waals surface area contributed by atoms with Crippen molar-refractivity contribution in [2.45, 2.75) is 13.5 Å². The van der Waals surface area contributed by atoms with E-state index in [1.54, 1.807) is 7.11 Å². The maximum atomic E-state index is 12.3. The van der Waals surface area contributed by atoms with Crippen LogP contribution in [0.25, 0.3) is 22.6 Å². The summed E-state index contributed by atoms with van der Waals surface area (Å²) in [5.41, 5.74) is 2.53. The molecule has 27 heavy (non-hydrogen) atoms. The van der Waals surface area contributed by atoms with Crippen molar-refractivity contribution < 1.29 is 18.5 Å². The smallest absolute Gasteiger partial charge is 0.316 e. The molecule has 7 nitrogen and oxygen atoms in total. The Morgan fingerprint density at radius 1 is 1.19 bits per heavy atom. The van der Waals surface area contributed by atoms with Crippen LogP contribution in [-0.4, -0.2) is 23.2 Å². The fourth-order valence-electron chi connectivity index (χ4n) is 2.84. The van der Waals surface area contributed by atoms with Gasteiger partial charge in [0.1, 0.15) is 11.3 Å². The number of nitrogens with zero attached hydrogens (tertiary/aromatic N) is 2. The molecule has 0 atom stereocenters. The average molecular weight is 363 g/mol. The van der Waals surface area contributed by atoms with Gasteiger partial charge in [-0.05, 0) is 30.7 Å². The number of rotatable bonds is 5. The zero-order valence-corrected chi connectivity index (χ0v) is 14.9. The molecule has 0 unspecified atom stereocenters. The summed E-state index contributed by atoms with van der Waals surface area (Å²) in [6.07, 6.45) is 0. The van der Waals surface area contributed by atoms with Crippen molar-refractivity contribution in [1.82, 2.24) is 15.5 Å². The molecule has 2 heterocycles. The number of fused-ring (bicyclic) bond motifs is 1. The van der Waals surface area contributed by atoms with Gasteiger partial charge < -0.3 is 19.0 Å². The first kappa shape index (κ1) is 16.8. The van der Waals surface area contributed by atoms with Crippen LogP contribution >= 0.6 is 0 Å². The number of furan rings is 1. The van der Waals surface area contributed by atoms with Crippen molar-refractivity contribution in [2.75, 3.05) is 7.11 Å². The Morgan fingerprint density at radius 3 is 2.85 bits per heavy atom. The van der Waals surface area contributed by atoms with E-state index in [0.717, 1.165) is 27.8 Å². The summed E-state index contributed by atoms with van der Waals surface area (Å²) in [4.78, 5) is 16.5. The van der Waals surface area contributed by atoms with Crippen LogP contribution in [0.5, 0.6) is 5.75 Å². The molecule has 4 aromatic rings. The Hall–Kier alpha value is -3.61. The number of aryl methyl sites for hydroxylation is 1. The van der Waals surface area contributed by atoms with Gasteiger partial charge in [-0.2, -0.15) is 4.98 Å². The third-order valence-electron chi connectivity index (χ3n) is 4.25. The van der Waals surface area contributed by atoms with E-state index in [-0.39, 0.29) is 11.7 Å². The molecule has 0 saturated carbocycles. The molecule has 2 aromatic carbocycles. The van der Waals surface area contributed by atoms with Crippen molar-refractivity contribution in [3.63, 3.8) is 0 Å². The fraction of sp³-hybridized carbons (Fsp3) is 0.150. The van der Waals surface area contributed by atoms with Gasteiger partial charge in [0, 0.05) is 17.5 Å². The molecule has 4 rings (SSSR count). The summed E-state index contributed by atoms with van der Waals surface area (Å²) in [6, 6.07) is 15.1. The monoisotopic (exact) mass is 363 g/mol. The van der Waals surface area contributed by atoms with Crippen LogP contribution in [0.3, 0.4) is 0 Å². The van der Waals surface area contributed by atoms with Gasteiger partial charge in [-0.15, -0.1) is 0 Å². The Morgan fingerprint density at radius 2 is 2.04 bits per heavy atom. The van der Waals surface area contributed by atoms with Crippen LogP contribution < -0.4 is 10.1 Å². The second-order valence-corrected chi connectivity index (χ2v) is 6.01. The predicted molar refractivity (Wildman–Crippen MR) is 98.4 cm³/mol. The summed E-state index contributed by atoms with van der Waals surface area (Å²) in [7, 11) is 1.59. The number of para-hydroxylation sites is 1. The SMILES string of the molecule is COc1cccc(CNC(=O)c2nc(-c3oc4ccccc4c3C)no2)c1. The minimum absolute atomic E-state index is 0.118. The minimum atomic E-state index is -0.453. The number of ether oxygens (including phenoxy) is 1. The topological polar surface area (TPSA) is 90.4 Å². The zero-order chi connectivity index (χ0) is 18.8. The fourth-order valence-corrected chi connectivity index (χ4v) is 2.84. The highest BCUT2D eigenvalue weighted by molar-refractivity contribution is 5.90. The molecule has 136 valence electrons. The molecule has 2 aromatic heterocycles. The first-order chi connectivity index (χ1) is 13.2. The van der Waals surface area contributed by atoms with Gasteiger partial charge >= 0.3 is 11.8 Å². The van der Waals surface area contributed by atoms with E-state index in [1.165, 1.54) is 0 Å². The maximum absolute atomic E-state index is 12.3. The van der Waals surface area contributed by atoms with Crippen LogP contribution in [0.15, 0.2) is 57.5 Å². The lowest BCUT2D eigenvalue weighted by atomic mass is 10.1. The van der Waals surface area contributed by atoms with Gasteiger partial charge in [-0.3, -0.25) is 4.79 Å². The van der Waals surface area contributed by atoms with Crippen LogP contribution in [0.2, 0.25) is 0 Å². The van der Waals surface area contributed by atoms with Crippen molar-refractivity contribution in [3.8, 4) is 17.3 Å². The molecule has 1 amide bonds. The molecule has 1 N–H and O–H groups in total. The van der Waals surface area contributed by atoms with E-state index >= 15 is 0 Å². The third-order valence-corrected chi connectivity index (χ3v) is 4.25. The average Bonchev–Trinajstić information content (AvgIpc) is 3.32. The normalized spacial score (nSPS) is 10.9. The predicted octanol–water partition coefficient (Wildman–Crippen LogP) is 3.73. The highest BCUT2D eigenvalue weighted by Gasteiger charge is 2.21. The Labute approximate surface area is 154 Å². The van der Waals surface area contributed by atoms with Gasteiger partial charge in [0.15, 0.2) is 5.76 Å². The number of benzene rings is 2. The van der Waals surface area contributed by atoms with E-state index in [9.17, 15) is 4.79 Å². The van der Waals surface area contributed by atoms with Gasteiger partial charge in [0.05, 0.1) is 7.11 Å². The zero-order valence-electron chi connectivity index (χ0n) is 14.9. The summed E-state index contributed by atoms with van der Waals surface area (Å²) in [5, 5.41) is 7.61. The van der Waals surface area contributed by atoms with Crippen LogP contribution in [0.4, 0.5) is 0 Å². The van der Waals surface area contributed by atoms with Crippen molar-refractivity contribution in [2.24, 2.45) is 0 Å². The molecule has 7 heteroatoms. The quantitative estimate of drug-likeness (QED) is 0.581. The second-order valence-electron chi connectivity index (χ2n) is 6.01. The molecule has 0 saturated heterocycles. The number of hydrogen-bond acceptors (Lipinski definition) is 6. The van der Waals surface area contributed by atoms with Gasteiger partial charge in [-0.25, -0.2) is 0 Å². The van der Waals surface area contributed by atoms with Gasteiger partial charge in [0.2, 0.25) is 5.82 Å². The third kappa shape index (κ3) is 3.27. The highest BCUT2D eigenvalue weighted by Crippen LogP contribution is 2.31. The molecule has 0 aliphatic heterocycles. The van der Waals surface area contributed by atoms with E-state index in [1.807, 2.05) is 55.5 Å². The molecule has 0 bridgehead atoms. The van der Waals surface area contributed by atoms with Crippen molar-refractivity contribution in [1.29, 1.82) is 0 Å². The molecular weight excluding hydrogens is 346 g/mol. The summed E-state index contributed by atoms with van der Waals surface area (Å²) < 4.78 is 16.1. The summed E-state index contributed by atoms with van der Waals surface area (Å²) in [5.74, 6) is 0.891. The van der Waals surface area contributed by atoms with Crippen LogP contribution in [-0.2, 0) is 6.54 Å². The van der Waals surface area contributed by atoms with Crippen molar-refractivity contribution >= 4 is 16.9 Å². The molecule has 0 aliphatic carbocycles. The standard InChI is InChI=1S/C20H17N3O4/c1-12-15-8-3-4-9-16(15)26-17(12)18-22-20(27-23-18)19(24)21-11-13-6-5-7-14(10-13)25-2/h3-10H,11H2,1-2H3,(H,21,24). The van der Waals surface area contributed by atoms with Crippen molar-refractivity contribution in [3.05, 3.63) is 65.5 Å². The van der Waals surface area contributed by atoms with Gasteiger partial charge in [0.25, 0.3) is 0 Å². The molecule has 0 radical (unpaired) electrons. The Balaban J connectivity index is 1.51.